The Morgan fingerprint density at radius 3 is 2.26 bits per heavy atom. The van der Waals surface area contributed by atoms with Crippen LogP contribution in [-0.4, -0.2) is 60.1 Å². The Morgan fingerprint density at radius 2 is 1.60 bits per heavy atom. The molecular formula is C33H38FN3O6. The number of benzene rings is 3. The van der Waals surface area contributed by atoms with Gasteiger partial charge in [-0.15, -0.1) is 0 Å². The molecule has 1 heterocycles. The van der Waals surface area contributed by atoms with Crippen molar-refractivity contribution in [3.05, 3.63) is 90.2 Å². The molecule has 0 aliphatic carbocycles. The Balaban J connectivity index is 1.37. The molecule has 43 heavy (non-hydrogen) atoms. The van der Waals surface area contributed by atoms with E-state index in [1.807, 2.05) is 51.1 Å². The molecule has 1 aliphatic rings. The van der Waals surface area contributed by atoms with Gasteiger partial charge >= 0.3 is 5.97 Å². The number of rotatable bonds is 12. The van der Waals surface area contributed by atoms with Crippen LogP contribution >= 0.6 is 0 Å². The third-order valence-corrected chi connectivity index (χ3v) is 6.61. The maximum absolute atomic E-state index is 13.3. The number of hydrogen-bond acceptors (Lipinski definition) is 7. The lowest BCUT2D eigenvalue weighted by atomic mass is 10.1. The lowest BCUT2D eigenvalue weighted by Crippen LogP contribution is -2.51. The Labute approximate surface area is 251 Å². The molecule has 0 saturated carbocycles. The number of anilines is 1. The van der Waals surface area contributed by atoms with Crippen LogP contribution in [0, 0.1) is 5.82 Å². The fourth-order valence-electron chi connectivity index (χ4n) is 4.60. The highest BCUT2D eigenvalue weighted by molar-refractivity contribution is 5.97. The molecule has 1 unspecified atom stereocenters. The van der Waals surface area contributed by atoms with Crippen molar-refractivity contribution < 1.29 is 33.0 Å². The Bertz CT molecular complexity index is 1360. The molecule has 1 saturated heterocycles. The first kappa shape index (κ1) is 31.7. The van der Waals surface area contributed by atoms with Crippen LogP contribution in [0.15, 0.2) is 78.9 Å². The second-order valence-corrected chi connectivity index (χ2v) is 11.4. The van der Waals surface area contributed by atoms with Gasteiger partial charge in [0.2, 0.25) is 11.8 Å². The van der Waals surface area contributed by atoms with Crippen LogP contribution in [0.2, 0.25) is 0 Å². The number of esters is 1. The van der Waals surface area contributed by atoms with Crippen LogP contribution in [0.3, 0.4) is 0 Å². The number of ether oxygens (including phenoxy) is 3. The molecule has 0 radical (unpaired) electrons. The van der Waals surface area contributed by atoms with Gasteiger partial charge in [0.1, 0.15) is 35.0 Å². The van der Waals surface area contributed by atoms with Crippen LogP contribution in [0.5, 0.6) is 11.5 Å². The smallest absolute Gasteiger partial charge is 0.323 e. The zero-order valence-electron chi connectivity index (χ0n) is 24.7. The molecule has 0 aromatic heterocycles. The molecule has 1 fully saturated rings. The second kappa shape index (κ2) is 14.8. The van der Waals surface area contributed by atoms with E-state index in [-0.39, 0.29) is 31.5 Å². The van der Waals surface area contributed by atoms with Crippen LogP contribution < -0.4 is 15.4 Å². The minimum absolute atomic E-state index is 0.0538. The molecule has 9 nitrogen and oxygen atoms in total. The van der Waals surface area contributed by atoms with Gasteiger partial charge in [-0.05, 0) is 94.3 Å². The maximum Gasteiger partial charge on any atom is 0.323 e. The fourth-order valence-corrected chi connectivity index (χ4v) is 4.60. The van der Waals surface area contributed by atoms with Crippen LogP contribution in [0.1, 0.15) is 39.2 Å². The first-order valence-corrected chi connectivity index (χ1v) is 14.3. The van der Waals surface area contributed by atoms with E-state index >= 15 is 0 Å². The molecule has 4 rings (SSSR count). The summed E-state index contributed by atoms with van der Waals surface area (Å²) >= 11 is 0. The highest BCUT2D eigenvalue weighted by Crippen LogP contribution is 2.24. The van der Waals surface area contributed by atoms with Crippen molar-refractivity contribution in [1.29, 1.82) is 0 Å². The van der Waals surface area contributed by atoms with E-state index in [1.165, 1.54) is 24.3 Å². The van der Waals surface area contributed by atoms with E-state index in [2.05, 4.69) is 10.6 Å². The van der Waals surface area contributed by atoms with Crippen molar-refractivity contribution in [1.82, 2.24) is 10.2 Å². The Morgan fingerprint density at radius 1 is 0.953 bits per heavy atom. The topological polar surface area (TPSA) is 106 Å². The molecule has 228 valence electrons. The average Bonchev–Trinajstić information content (AvgIpc) is 3.42. The zero-order chi connectivity index (χ0) is 30.8. The summed E-state index contributed by atoms with van der Waals surface area (Å²) in [5, 5.41) is 5.60. The number of carbonyl (C=O) groups excluding carboxylic acids is 3. The van der Waals surface area contributed by atoms with Crippen LogP contribution in [-0.2, 0) is 30.5 Å². The summed E-state index contributed by atoms with van der Waals surface area (Å²) in [5.41, 5.74) is 0.795. The number of nitrogens with zero attached hydrogens (tertiary/aromatic N) is 1. The summed E-state index contributed by atoms with van der Waals surface area (Å²) in [6.07, 6.45) is 1.37. The molecular weight excluding hydrogens is 553 g/mol. The number of likely N-dealkylation sites (tertiary alicyclic amines) is 1. The van der Waals surface area contributed by atoms with Crippen LogP contribution in [0.25, 0.3) is 0 Å². The minimum atomic E-state index is -0.992. The Hall–Kier alpha value is -4.28. The van der Waals surface area contributed by atoms with Gasteiger partial charge < -0.3 is 24.8 Å². The summed E-state index contributed by atoms with van der Waals surface area (Å²) < 4.78 is 30.2. The molecule has 2 amide bonds. The van der Waals surface area contributed by atoms with E-state index in [1.54, 1.807) is 29.2 Å². The average molecular weight is 592 g/mol. The number of halogens is 1. The monoisotopic (exact) mass is 591 g/mol. The normalized spacial score (nSPS) is 15.9. The van der Waals surface area contributed by atoms with Gasteiger partial charge in [0.05, 0.1) is 19.8 Å². The lowest BCUT2D eigenvalue weighted by Gasteiger charge is -2.27. The first-order chi connectivity index (χ1) is 20.6. The summed E-state index contributed by atoms with van der Waals surface area (Å²) in [7, 11) is 0. The van der Waals surface area contributed by atoms with Gasteiger partial charge in [-0.2, -0.15) is 0 Å². The van der Waals surface area contributed by atoms with E-state index in [0.29, 0.717) is 30.2 Å². The summed E-state index contributed by atoms with van der Waals surface area (Å²) in [6.45, 7) is 6.15. The SMILES string of the molecule is CC(C)(C)OC(=O)C1CCCN1CC(=O)N[C@@H](COCc1ccccc1)C(=O)Nc1ccc(Oc2ccc(F)cc2)cc1. The lowest BCUT2D eigenvalue weighted by molar-refractivity contribution is -0.160. The molecule has 2 N–H and O–H groups in total. The van der Waals surface area contributed by atoms with Crippen molar-refractivity contribution in [3.63, 3.8) is 0 Å². The summed E-state index contributed by atoms with van der Waals surface area (Å²) in [5.74, 6) is -0.594. The van der Waals surface area contributed by atoms with Gasteiger partial charge in [0.25, 0.3) is 0 Å². The largest absolute Gasteiger partial charge is 0.459 e. The van der Waals surface area contributed by atoms with Gasteiger partial charge in [0.15, 0.2) is 0 Å². The second-order valence-electron chi connectivity index (χ2n) is 11.4. The van der Waals surface area contributed by atoms with Crippen molar-refractivity contribution >= 4 is 23.5 Å². The summed E-state index contributed by atoms with van der Waals surface area (Å²) in [6, 6.07) is 20.3. The third kappa shape index (κ3) is 10.2. The molecule has 0 bridgehead atoms. The number of amides is 2. The zero-order valence-corrected chi connectivity index (χ0v) is 24.7. The highest BCUT2D eigenvalue weighted by Gasteiger charge is 2.35. The fraction of sp³-hybridized carbons (Fsp3) is 0.364. The predicted molar refractivity (Wildman–Crippen MR) is 160 cm³/mol. The van der Waals surface area contributed by atoms with Gasteiger partial charge in [0, 0.05) is 5.69 Å². The van der Waals surface area contributed by atoms with Crippen molar-refractivity contribution in [2.75, 3.05) is 25.0 Å². The third-order valence-electron chi connectivity index (χ3n) is 6.61. The quantitative estimate of drug-likeness (QED) is 0.284. The molecule has 0 spiro atoms. The maximum atomic E-state index is 13.3. The van der Waals surface area contributed by atoms with Crippen molar-refractivity contribution in [2.45, 2.75) is 57.9 Å². The van der Waals surface area contributed by atoms with Gasteiger partial charge in [-0.3, -0.25) is 19.3 Å². The van der Waals surface area contributed by atoms with E-state index in [4.69, 9.17) is 14.2 Å². The van der Waals surface area contributed by atoms with Gasteiger partial charge in [-0.25, -0.2) is 4.39 Å². The highest BCUT2D eigenvalue weighted by atomic mass is 19.1. The van der Waals surface area contributed by atoms with Crippen molar-refractivity contribution in [2.24, 2.45) is 0 Å². The molecule has 10 heteroatoms. The van der Waals surface area contributed by atoms with Crippen LogP contribution in [0.4, 0.5) is 10.1 Å². The first-order valence-electron chi connectivity index (χ1n) is 14.3. The number of nitrogens with one attached hydrogen (secondary N) is 2. The van der Waals surface area contributed by atoms with E-state index < -0.39 is 29.5 Å². The van der Waals surface area contributed by atoms with E-state index in [0.717, 1.165) is 12.0 Å². The summed E-state index contributed by atoms with van der Waals surface area (Å²) in [4.78, 5) is 40.9. The standard InChI is InChI=1S/C33H38FN3O6/c1-33(2,3)43-32(40)29-10-7-19-37(29)20-30(38)36-28(22-41-21-23-8-5-4-6-9-23)31(39)35-25-13-17-27(18-14-25)42-26-15-11-24(34)12-16-26/h4-6,8-9,11-18,28-29H,7,10,19-22H2,1-3H3,(H,35,39)(H,36,38)/t28-,29?/m0/s1. The molecule has 1 aliphatic heterocycles. The predicted octanol–water partition coefficient (Wildman–Crippen LogP) is 5.06. The molecule has 3 aromatic rings. The molecule has 3 aromatic carbocycles. The van der Waals surface area contributed by atoms with E-state index in [9.17, 15) is 18.8 Å². The minimum Gasteiger partial charge on any atom is -0.459 e. The van der Waals surface area contributed by atoms with Crippen molar-refractivity contribution in [3.8, 4) is 11.5 Å². The van der Waals surface area contributed by atoms with Gasteiger partial charge in [-0.1, -0.05) is 30.3 Å². The Kier molecular flexibility index (Phi) is 10.9. The molecule has 2 atom stereocenters. The number of hydrogen-bond donors (Lipinski definition) is 2. The number of carbonyl (C=O) groups is 3.